The van der Waals surface area contributed by atoms with Crippen molar-refractivity contribution in [3.8, 4) is 11.1 Å². The number of halogens is 1. The lowest BCUT2D eigenvalue weighted by atomic mass is 10.0. The number of benzene rings is 1. The van der Waals surface area contributed by atoms with Crippen molar-refractivity contribution in [1.29, 1.82) is 0 Å². The summed E-state index contributed by atoms with van der Waals surface area (Å²) < 4.78 is 7.16. The van der Waals surface area contributed by atoms with Crippen LogP contribution in [0.3, 0.4) is 0 Å². The molecule has 2 heterocycles. The molecule has 0 unspecified atom stereocenters. The number of aromatic nitrogens is 3. The zero-order chi connectivity index (χ0) is 16.6. The largest absolute Gasteiger partial charge is 0.462 e. The van der Waals surface area contributed by atoms with Crippen LogP contribution in [0.25, 0.3) is 16.6 Å². The summed E-state index contributed by atoms with van der Waals surface area (Å²) in [5.74, 6) is -0.195. The Morgan fingerprint density at radius 1 is 1.30 bits per heavy atom. The van der Waals surface area contributed by atoms with E-state index in [9.17, 15) is 4.79 Å². The molecule has 0 aliphatic carbocycles. The lowest BCUT2D eigenvalue weighted by molar-refractivity contribution is 0.0526. The maximum atomic E-state index is 12.4. The Bertz CT molecular complexity index is 889. The second kappa shape index (κ2) is 5.88. The third-order valence-corrected chi connectivity index (χ3v) is 4.11. The molecule has 0 atom stereocenters. The molecule has 23 heavy (non-hydrogen) atoms. The van der Waals surface area contributed by atoms with Crippen molar-refractivity contribution in [2.75, 3.05) is 18.1 Å². The van der Waals surface area contributed by atoms with Crippen molar-refractivity contribution < 1.29 is 9.53 Å². The highest BCUT2D eigenvalue weighted by Gasteiger charge is 2.27. The first-order valence-corrected chi connectivity index (χ1v) is 7.67. The number of rotatable bonds is 3. The average Bonchev–Trinajstić information content (AvgIpc) is 2.83. The highest BCUT2D eigenvalue weighted by molar-refractivity contribution is 9.10. The van der Waals surface area contributed by atoms with Gasteiger partial charge in [0.1, 0.15) is 22.0 Å². The van der Waals surface area contributed by atoms with Crippen LogP contribution >= 0.6 is 15.9 Å². The minimum Gasteiger partial charge on any atom is -0.462 e. The minimum atomic E-state index is -0.462. The second-order valence-corrected chi connectivity index (χ2v) is 5.54. The topological polar surface area (TPSA) is 109 Å². The number of nitrogens with zero attached hydrogens (tertiary/aromatic N) is 3. The highest BCUT2D eigenvalue weighted by Crippen LogP contribution is 2.38. The molecule has 3 aromatic rings. The van der Waals surface area contributed by atoms with E-state index in [1.807, 2.05) is 12.1 Å². The lowest BCUT2D eigenvalue weighted by Crippen LogP contribution is -2.06. The summed E-state index contributed by atoms with van der Waals surface area (Å²) in [6.07, 6.45) is 1.33. The molecule has 0 amide bonds. The molecule has 8 heteroatoms. The number of carbonyl (C=O) groups excluding carboxylic acids is 1. The standard InChI is InChI=1S/C15H14BrN5O2/c1-2-23-15(22)11-10(8-3-5-9(17)6-4-8)12-14(18)19-7-20-21(12)13(11)16/h3-7H,2,17H2,1H3,(H2,18,19,20). The smallest absolute Gasteiger partial charge is 0.341 e. The van der Waals surface area contributed by atoms with Crippen LogP contribution in [0.4, 0.5) is 11.5 Å². The normalized spacial score (nSPS) is 10.9. The molecule has 0 saturated carbocycles. The molecule has 2 aromatic heterocycles. The van der Waals surface area contributed by atoms with Gasteiger partial charge in [0.25, 0.3) is 0 Å². The van der Waals surface area contributed by atoms with Gasteiger partial charge in [-0.1, -0.05) is 12.1 Å². The fourth-order valence-electron chi connectivity index (χ4n) is 2.40. The third-order valence-electron chi connectivity index (χ3n) is 3.38. The van der Waals surface area contributed by atoms with Gasteiger partial charge in [0, 0.05) is 11.3 Å². The van der Waals surface area contributed by atoms with Crippen molar-refractivity contribution in [3.05, 3.63) is 40.8 Å². The Balaban J connectivity index is 2.39. The van der Waals surface area contributed by atoms with Gasteiger partial charge < -0.3 is 16.2 Å². The Hall–Kier alpha value is -2.61. The monoisotopic (exact) mass is 375 g/mol. The van der Waals surface area contributed by atoms with E-state index < -0.39 is 5.97 Å². The van der Waals surface area contributed by atoms with Crippen molar-refractivity contribution in [3.63, 3.8) is 0 Å². The van der Waals surface area contributed by atoms with Crippen LogP contribution in [0.15, 0.2) is 35.2 Å². The molecule has 0 aliphatic heterocycles. The predicted molar refractivity (Wildman–Crippen MR) is 90.9 cm³/mol. The summed E-state index contributed by atoms with van der Waals surface area (Å²) in [7, 11) is 0. The van der Waals surface area contributed by atoms with E-state index in [2.05, 4.69) is 26.0 Å². The van der Waals surface area contributed by atoms with Gasteiger partial charge in [-0.25, -0.2) is 14.3 Å². The van der Waals surface area contributed by atoms with Crippen molar-refractivity contribution >= 4 is 38.9 Å². The van der Waals surface area contributed by atoms with E-state index >= 15 is 0 Å². The maximum Gasteiger partial charge on any atom is 0.341 e. The van der Waals surface area contributed by atoms with Crippen LogP contribution < -0.4 is 11.5 Å². The number of fused-ring (bicyclic) bond motifs is 1. The van der Waals surface area contributed by atoms with Crippen LogP contribution in [-0.2, 0) is 4.74 Å². The third kappa shape index (κ3) is 2.50. The first-order chi connectivity index (χ1) is 11.0. The first kappa shape index (κ1) is 15.3. The van der Waals surface area contributed by atoms with Gasteiger partial charge in [-0.3, -0.25) is 0 Å². The minimum absolute atomic E-state index is 0.264. The molecule has 118 valence electrons. The van der Waals surface area contributed by atoms with Gasteiger partial charge in [0.05, 0.1) is 6.61 Å². The van der Waals surface area contributed by atoms with Crippen molar-refractivity contribution in [1.82, 2.24) is 14.6 Å². The molecule has 0 spiro atoms. The van der Waals surface area contributed by atoms with E-state index in [0.29, 0.717) is 26.9 Å². The molecular weight excluding hydrogens is 362 g/mol. The number of hydrogen-bond donors (Lipinski definition) is 2. The molecular formula is C15H14BrN5O2. The number of hydrogen-bond acceptors (Lipinski definition) is 6. The maximum absolute atomic E-state index is 12.4. The Morgan fingerprint density at radius 2 is 2.00 bits per heavy atom. The zero-order valence-corrected chi connectivity index (χ0v) is 13.9. The summed E-state index contributed by atoms with van der Waals surface area (Å²) in [6, 6.07) is 7.13. The van der Waals surface area contributed by atoms with Gasteiger partial charge in [0.2, 0.25) is 0 Å². The SMILES string of the molecule is CCOC(=O)c1c(-c2ccc(N)cc2)c2c(N)ncnn2c1Br. The van der Waals surface area contributed by atoms with Crippen LogP contribution in [0.2, 0.25) is 0 Å². The molecule has 7 nitrogen and oxygen atoms in total. The quantitative estimate of drug-likeness (QED) is 0.537. The predicted octanol–water partition coefficient (Wildman–Crippen LogP) is 2.50. The number of nitrogen functional groups attached to an aromatic ring is 2. The summed E-state index contributed by atoms with van der Waals surface area (Å²) in [6.45, 7) is 2.01. The fraction of sp³-hybridized carbons (Fsp3) is 0.133. The van der Waals surface area contributed by atoms with E-state index in [0.717, 1.165) is 5.56 Å². The number of esters is 1. The van der Waals surface area contributed by atoms with Gasteiger partial charge in [-0.05, 0) is 40.5 Å². The number of ether oxygens (including phenoxy) is 1. The summed E-state index contributed by atoms with van der Waals surface area (Å²) in [5.41, 5.74) is 14.6. The van der Waals surface area contributed by atoms with Gasteiger partial charge >= 0.3 is 5.97 Å². The van der Waals surface area contributed by atoms with E-state index in [4.69, 9.17) is 16.2 Å². The summed E-state index contributed by atoms with van der Waals surface area (Å²) >= 11 is 3.41. The Kier molecular flexibility index (Phi) is 3.91. The van der Waals surface area contributed by atoms with Crippen molar-refractivity contribution in [2.24, 2.45) is 0 Å². The van der Waals surface area contributed by atoms with Gasteiger partial charge in [-0.15, -0.1) is 0 Å². The van der Waals surface area contributed by atoms with E-state index in [1.54, 1.807) is 19.1 Å². The molecule has 0 aliphatic rings. The fourth-order valence-corrected chi connectivity index (χ4v) is 3.03. The van der Waals surface area contributed by atoms with Crippen molar-refractivity contribution in [2.45, 2.75) is 6.92 Å². The number of carbonyl (C=O) groups is 1. The molecule has 0 radical (unpaired) electrons. The Morgan fingerprint density at radius 3 is 2.65 bits per heavy atom. The van der Waals surface area contributed by atoms with Gasteiger partial charge in [0.15, 0.2) is 5.82 Å². The number of anilines is 2. The molecule has 0 bridgehead atoms. The van der Waals surface area contributed by atoms with Crippen LogP contribution in [0, 0.1) is 0 Å². The molecule has 0 saturated heterocycles. The molecule has 3 rings (SSSR count). The Labute approximate surface area is 140 Å². The van der Waals surface area contributed by atoms with E-state index in [-0.39, 0.29) is 12.4 Å². The second-order valence-electron chi connectivity index (χ2n) is 4.79. The van der Waals surface area contributed by atoms with Crippen LogP contribution in [0.5, 0.6) is 0 Å². The average molecular weight is 376 g/mol. The summed E-state index contributed by atoms with van der Waals surface area (Å²) in [5, 5.41) is 4.15. The van der Waals surface area contributed by atoms with Crippen LogP contribution in [0.1, 0.15) is 17.3 Å². The summed E-state index contributed by atoms with van der Waals surface area (Å²) in [4.78, 5) is 16.4. The highest BCUT2D eigenvalue weighted by atomic mass is 79.9. The zero-order valence-electron chi connectivity index (χ0n) is 12.3. The number of nitrogens with two attached hydrogens (primary N) is 2. The van der Waals surface area contributed by atoms with Gasteiger partial charge in [-0.2, -0.15) is 5.10 Å². The molecule has 0 fully saturated rings. The molecule has 1 aromatic carbocycles. The lowest BCUT2D eigenvalue weighted by Gasteiger charge is -2.06. The van der Waals surface area contributed by atoms with Crippen LogP contribution in [-0.4, -0.2) is 27.2 Å². The molecule has 4 N–H and O–H groups in total. The van der Waals surface area contributed by atoms with E-state index in [1.165, 1.54) is 10.8 Å². The first-order valence-electron chi connectivity index (χ1n) is 6.88.